The second-order valence-corrected chi connectivity index (χ2v) is 39.7. The van der Waals surface area contributed by atoms with E-state index in [1.165, 1.54) is 83.5 Å². The average molecular weight is 1900 g/mol. The molecule has 23 heteroatoms. The minimum absolute atomic E-state index is 0.0157. The molecule has 135 heavy (non-hydrogen) atoms. The van der Waals surface area contributed by atoms with Crippen LogP contribution in [0.2, 0.25) is 0 Å². The van der Waals surface area contributed by atoms with E-state index in [0.29, 0.717) is 44.7 Å². The third-order valence-electron chi connectivity index (χ3n) is 20.2. The third-order valence-corrected chi connectivity index (χ3v) is 20.2. The quantitative estimate of drug-likeness (QED) is 0.0517. The average Bonchev–Trinajstić information content (AvgIpc) is 1.74. The number of piperidine rings is 2. The molecular formula is C112H194F3N7O13. The summed E-state index contributed by atoms with van der Waals surface area (Å²) < 4.78 is 44.1. The van der Waals surface area contributed by atoms with Gasteiger partial charge in [-0.3, -0.25) is 82.0 Å². The smallest absolute Gasteiger partial charge is 0.260 e. The normalized spacial score (nSPS) is 15.7. The monoisotopic (exact) mass is 1900 g/mol. The van der Waals surface area contributed by atoms with Crippen LogP contribution in [-0.2, 0) is 62.3 Å². The molecule has 0 aromatic carbocycles. The summed E-state index contributed by atoms with van der Waals surface area (Å²) in [6.45, 7) is 81.2. The van der Waals surface area contributed by atoms with Crippen molar-refractivity contribution in [1.29, 1.82) is 0 Å². The molecular weight excluding hydrogens is 1710 g/mol. The van der Waals surface area contributed by atoms with Crippen molar-refractivity contribution >= 4 is 69.4 Å². The van der Waals surface area contributed by atoms with Crippen LogP contribution >= 0.6 is 0 Å². The summed E-state index contributed by atoms with van der Waals surface area (Å²) in [6.07, 6.45) is 41.8. The summed E-state index contributed by atoms with van der Waals surface area (Å²) >= 11 is 0. The lowest BCUT2D eigenvalue weighted by Crippen LogP contribution is -2.56. The van der Waals surface area contributed by atoms with Crippen molar-refractivity contribution in [2.24, 2.45) is 76.9 Å². The van der Waals surface area contributed by atoms with Crippen molar-refractivity contribution in [3.05, 3.63) is 146 Å². The van der Waals surface area contributed by atoms with E-state index in [0.717, 1.165) is 57.4 Å². The summed E-state index contributed by atoms with van der Waals surface area (Å²) in [5, 5.41) is 0. The van der Waals surface area contributed by atoms with Crippen molar-refractivity contribution < 1.29 is 75.4 Å². The number of halogens is 3. The molecule has 0 N–H and O–H groups in total. The standard InChI is InChI=1S/C12H19F2NO.C12H21NO.C11H18FNO.C11H21NO2.2C11H19NO.C9H17NO.C8H14O.3C7H12O.C6H10O/c1-10(2)11(16)5-3-7-15-8-4-6-12(13,14)9-15;1-11(2)12(14)7-6-10-13-8-4-3-5-9-13;1-9(2)10(14)5-4-6-13-7-11(3,12)8-13;1-10(2)11(13)6-5-7-12(3)8-9-14-4;1-9(2)11(13)5-4-6-12-7-10(3)8-12;1-10(2)11(13)6-5-9-12-7-3-4-8-12;1-8(2)9(11)6-5-7-10(3)4;1-6(2)5-8(9)7(3)4;1-5(2)7(8)6(3)4;2*1-4-5-7(8)6(2)3;1-4-6(7)5(2)3/h3,5,10H,4,6-9H2,1-2H3;6-7,11H,3-5,8-10H2,1-2H3;4-5,9H,6-8H2,1-3H3;5-6,10H,7-9H2,1-4H3;4-5,9-10H,6-8H2,1-3H3;5-6,10H,3-4,7-9H2,1-2H3;5-6,8H,7H2,1-4H3;5,7H,1-4H3;6H,1H2,2-4H3;2*4-6H,1-3H3;4-5H,1H2,2-3H3/b5-3+;7-6+;5-4+;6-5+;5-4+;2*6-5+;;;5-4+;5-4-;. The van der Waals surface area contributed by atoms with E-state index >= 15 is 0 Å². The number of nitrogens with zero attached hydrogens (tertiary/aromatic N) is 7. The fourth-order valence-corrected chi connectivity index (χ4v) is 11.2. The zero-order chi connectivity index (χ0) is 106. The van der Waals surface area contributed by atoms with Gasteiger partial charge < -0.3 is 14.5 Å². The number of likely N-dealkylation sites (N-methyl/N-ethyl adjacent to an activating group) is 2. The van der Waals surface area contributed by atoms with Crippen LogP contribution in [0.5, 0.6) is 0 Å². The zero-order valence-electron chi connectivity index (χ0n) is 91.4. The van der Waals surface area contributed by atoms with Crippen LogP contribution in [0.3, 0.4) is 0 Å². The summed E-state index contributed by atoms with van der Waals surface area (Å²) in [4.78, 5) is 147. The van der Waals surface area contributed by atoms with Crippen LogP contribution in [0.15, 0.2) is 146 Å². The largest absolute Gasteiger partial charge is 0.383 e. The van der Waals surface area contributed by atoms with Gasteiger partial charge >= 0.3 is 0 Å². The maximum absolute atomic E-state index is 13.0. The van der Waals surface area contributed by atoms with Crippen molar-refractivity contribution in [2.45, 2.75) is 271 Å². The fraction of sp³-hybridized carbons (Fsp3) is 0.679. The van der Waals surface area contributed by atoms with Crippen LogP contribution in [0.4, 0.5) is 13.2 Å². The second kappa shape index (κ2) is 84.5. The maximum Gasteiger partial charge on any atom is 0.260 e. The Hall–Kier alpha value is -7.61. The van der Waals surface area contributed by atoms with Crippen molar-refractivity contribution in [3.63, 3.8) is 0 Å². The predicted molar refractivity (Wildman–Crippen MR) is 562 cm³/mol. The highest BCUT2D eigenvalue weighted by Crippen LogP contribution is 2.27. The highest BCUT2D eigenvalue weighted by atomic mass is 19.3. The first kappa shape index (κ1) is 140. The SMILES string of the molecule is C/C=C/C(=O)C(C)C.C/C=C\C(=O)C(C)C.C=C(C)C(=O)C(C)C.C=CC(=O)C(C)C.CC(C)=CC(=O)C(C)C.CC(C)C(=O)/C=C/CN(C)C.CC(C)C(=O)/C=C/CN1CC(C)(F)C1.CC(C)C(=O)/C=C/CN1CCCC(F)(F)C1.CC(C)C(=O)/C=C/CN1CCCC1.CC(C)C(=O)/C=C/CN1CCCCC1.CC1CN(C/C=C/C(=O)C(C)C)C1.COCCN(C)C/C=C/C(=O)C(C)C. The first-order valence-corrected chi connectivity index (χ1v) is 49.4. The Morgan fingerprint density at radius 1 is 0.378 bits per heavy atom. The summed E-state index contributed by atoms with van der Waals surface area (Å²) in [5.74, 6) is 1.71. The van der Waals surface area contributed by atoms with Gasteiger partial charge in [-0.2, -0.15) is 0 Å². The fourth-order valence-electron chi connectivity index (χ4n) is 11.2. The number of hydrogen-bond acceptors (Lipinski definition) is 20. The van der Waals surface area contributed by atoms with Crippen molar-refractivity contribution in [3.8, 4) is 0 Å². The lowest BCUT2D eigenvalue weighted by molar-refractivity contribution is -0.118. The Labute approximate surface area is 821 Å². The zero-order valence-corrected chi connectivity index (χ0v) is 91.4. The Kier molecular flexibility index (Phi) is 87.8. The minimum atomic E-state index is -2.56. The van der Waals surface area contributed by atoms with E-state index in [-0.39, 0.29) is 153 Å². The molecule has 0 spiro atoms. The van der Waals surface area contributed by atoms with Crippen molar-refractivity contribution in [1.82, 2.24) is 34.3 Å². The van der Waals surface area contributed by atoms with E-state index < -0.39 is 11.6 Å². The number of ketones is 12. The number of allylic oxidation sites excluding steroid dienone is 15. The van der Waals surface area contributed by atoms with Gasteiger partial charge in [0.05, 0.1) is 13.2 Å². The topological polar surface area (TPSA) is 237 Å². The highest BCUT2D eigenvalue weighted by molar-refractivity contribution is 5.96. The number of carbonyl (C=O) groups is 12. The molecule has 0 saturated carbocycles. The lowest BCUT2D eigenvalue weighted by atomic mass is 9.99. The molecule has 0 aromatic heterocycles. The molecule has 5 saturated heterocycles. The highest BCUT2D eigenvalue weighted by Gasteiger charge is 2.38. The molecule has 0 aliphatic carbocycles. The van der Waals surface area contributed by atoms with Gasteiger partial charge in [-0.15, -0.1) is 0 Å². The Balaban J connectivity index is -0.000000267. The molecule has 5 rings (SSSR count). The van der Waals surface area contributed by atoms with Crippen LogP contribution in [0, 0.1) is 76.9 Å². The third kappa shape index (κ3) is 90.0. The number of likely N-dealkylation sites (tertiary alicyclic amines) is 5. The molecule has 5 aliphatic rings. The molecule has 0 unspecified atom stereocenters. The van der Waals surface area contributed by atoms with Gasteiger partial charge in [0, 0.05) is 163 Å². The van der Waals surface area contributed by atoms with E-state index in [4.69, 9.17) is 4.74 Å². The van der Waals surface area contributed by atoms with Gasteiger partial charge in [-0.05, 0) is 206 Å². The Morgan fingerprint density at radius 3 is 0.889 bits per heavy atom. The Bertz CT molecular complexity index is 3600. The van der Waals surface area contributed by atoms with Crippen LogP contribution < -0.4 is 0 Å². The maximum atomic E-state index is 13.0. The molecule has 0 radical (unpaired) electrons. The van der Waals surface area contributed by atoms with E-state index in [1.807, 2.05) is 261 Å². The molecule has 5 aliphatic heterocycles. The van der Waals surface area contributed by atoms with E-state index in [9.17, 15) is 70.7 Å². The number of alkyl halides is 3. The van der Waals surface area contributed by atoms with Crippen LogP contribution in [-0.4, -0.2) is 268 Å². The number of Topliss-reactive ketones (excluding diaryl/α,β-unsaturated/α-hetero) is 1. The van der Waals surface area contributed by atoms with Crippen LogP contribution in [0.25, 0.3) is 0 Å². The van der Waals surface area contributed by atoms with Gasteiger partial charge in [-0.25, -0.2) is 13.2 Å². The number of methoxy groups -OCH3 is 1. The summed E-state index contributed by atoms with van der Waals surface area (Å²) in [7, 11) is 7.64. The lowest BCUT2D eigenvalue weighted by Gasteiger charge is -2.41. The molecule has 5 heterocycles. The molecule has 0 aromatic rings. The number of carbonyl (C=O) groups excluding carboxylic acids is 12. The van der Waals surface area contributed by atoms with E-state index in [2.05, 4.69) is 39.7 Å². The van der Waals surface area contributed by atoms with Gasteiger partial charge in [0.15, 0.2) is 69.4 Å². The van der Waals surface area contributed by atoms with E-state index in [1.54, 1.807) is 98.8 Å². The summed E-state index contributed by atoms with van der Waals surface area (Å²) in [6, 6.07) is 0. The van der Waals surface area contributed by atoms with Gasteiger partial charge in [0.25, 0.3) is 5.92 Å². The van der Waals surface area contributed by atoms with Crippen LogP contribution in [0.1, 0.15) is 260 Å². The van der Waals surface area contributed by atoms with Gasteiger partial charge in [-0.1, -0.05) is 253 Å². The molecule has 20 nitrogen and oxygen atoms in total. The van der Waals surface area contributed by atoms with Gasteiger partial charge in [0.1, 0.15) is 5.67 Å². The molecule has 5 fully saturated rings. The van der Waals surface area contributed by atoms with Gasteiger partial charge in [0.2, 0.25) is 0 Å². The molecule has 0 atom stereocenters. The molecule has 0 bridgehead atoms. The molecule has 0 amide bonds. The Morgan fingerprint density at radius 2 is 0.659 bits per heavy atom. The number of ether oxygens (including phenoxy) is 1. The minimum Gasteiger partial charge on any atom is -0.383 e. The molecule has 776 valence electrons. The predicted octanol–water partition coefficient (Wildman–Crippen LogP) is 21.8. The van der Waals surface area contributed by atoms with Crippen molar-refractivity contribution in [2.75, 3.05) is 153 Å². The summed E-state index contributed by atoms with van der Waals surface area (Å²) in [5.41, 5.74) is 0.712. The second-order valence-electron chi connectivity index (χ2n) is 39.7. The first-order valence-electron chi connectivity index (χ1n) is 49.4. The first-order chi connectivity index (χ1) is 62.5. The number of hydrogen-bond donors (Lipinski definition) is 0. The number of rotatable bonds is 41.